The van der Waals surface area contributed by atoms with E-state index in [9.17, 15) is 0 Å². The van der Waals surface area contributed by atoms with E-state index in [1.54, 1.807) is 6.20 Å². The molecule has 0 atom stereocenters. The molecule has 2 rings (SSSR count). The van der Waals surface area contributed by atoms with Gasteiger partial charge < -0.3 is 10.2 Å². The average Bonchev–Trinajstić information content (AvgIpc) is 2.46. The van der Waals surface area contributed by atoms with E-state index in [1.807, 2.05) is 19.1 Å². The Bertz CT molecular complexity index is 499. The lowest BCUT2D eigenvalue weighted by atomic mass is 10.2. The van der Waals surface area contributed by atoms with Crippen LogP contribution in [0.5, 0.6) is 0 Å². The molecule has 19 heavy (non-hydrogen) atoms. The Kier molecular flexibility index (Phi) is 4.72. The average molecular weight is 256 g/mol. The largest absolute Gasteiger partial charge is 0.354 e. The molecule has 0 spiro atoms. The Morgan fingerprint density at radius 2 is 1.89 bits per heavy atom. The number of rotatable bonds is 6. The molecule has 2 aromatic rings. The molecule has 0 bridgehead atoms. The van der Waals surface area contributed by atoms with E-state index in [1.165, 1.54) is 5.56 Å². The Balaban J connectivity index is 2.15. The van der Waals surface area contributed by atoms with Gasteiger partial charge in [-0.2, -0.15) is 4.98 Å². The summed E-state index contributed by atoms with van der Waals surface area (Å²) < 4.78 is 0. The van der Waals surface area contributed by atoms with Crippen molar-refractivity contribution in [1.29, 1.82) is 0 Å². The molecule has 1 N–H and O–H groups in total. The fraction of sp³-hybridized carbons (Fsp3) is 0.333. The van der Waals surface area contributed by atoms with Gasteiger partial charge >= 0.3 is 0 Å². The summed E-state index contributed by atoms with van der Waals surface area (Å²) in [6, 6.07) is 12.4. The Hall–Kier alpha value is -2.10. The van der Waals surface area contributed by atoms with Crippen molar-refractivity contribution >= 4 is 11.8 Å². The SMILES string of the molecule is CCNc1nccc(N(CC)Cc2ccccc2)n1. The lowest BCUT2D eigenvalue weighted by molar-refractivity contribution is 0.810. The van der Waals surface area contributed by atoms with Crippen LogP contribution in [0.4, 0.5) is 11.8 Å². The molecule has 0 amide bonds. The summed E-state index contributed by atoms with van der Waals surface area (Å²) >= 11 is 0. The van der Waals surface area contributed by atoms with Crippen LogP contribution in [0.2, 0.25) is 0 Å². The summed E-state index contributed by atoms with van der Waals surface area (Å²) in [4.78, 5) is 11.0. The third-order valence-corrected chi connectivity index (χ3v) is 2.90. The predicted octanol–water partition coefficient (Wildman–Crippen LogP) is 2.93. The van der Waals surface area contributed by atoms with Crippen LogP contribution in [0, 0.1) is 0 Å². The summed E-state index contributed by atoms with van der Waals surface area (Å²) in [5.41, 5.74) is 1.29. The summed E-state index contributed by atoms with van der Waals surface area (Å²) in [6.07, 6.45) is 1.80. The van der Waals surface area contributed by atoms with Gasteiger partial charge in [-0.15, -0.1) is 0 Å². The fourth-order valence-corrected chi connectivity index (χ4v) is 1.93. The van der Waals surface area contributed by atoms with Gasteiger partial charge in [-0.05, 0) is 25.5 Å². The summed E-state index contributed by atoms with van der Waals surface area (Å²) in [6.45, 7) is 6.78. The minimum atomic E-state index is 0.687. The van der Waals surface area contributed by atoms with Crippen LogP contribution in [0.25, 0.3) is 0 Å². The molecule has 0 fully saturated rings. The molecule has 0 aliphatic rings. The molecule has 0 saturated heterocycles. The maximum atomic E-state index is 4.53. The zero-order chi connectivity index (χ0) is 13.5. The number of aromatic nitrogens is 2. The number of anilines is 2. The van der Waals surface area contributed by atoms with Crippen LogP contribution in [0.1, 0.15) is 19.4 Å². The standard InChI is InChI=1S/C15H20N4/c1-3-16-15-17-11-10-14(18-15)19(4-2)12-13-8-6-5-7-9-13/h5-11H,3-4,12H2,1-2H3,(H,16,17,18). The van der Waals surface area contributed by atoms with Crippen molar-refractivity contribution in [2.24, 2.45) is 0 Å². The minimum absolute atomic E-state index is 0.687. The van der Waals surface area contributed by atoms with E-state index in [4.69, 9.17) is 0 Å². The molecule has 100 valence electrons. The fourth-order valence-electron chi connectivity index (χ4n) is 1.93. The molecule has 0 aliphatic carbocycles. The van der Waals surface area contributed by atoms with Crippen molar-refractivity contribution in [2.75, 3.05) is 23.3 Å². The van der Waals surface area contributed by atoms with Crippen molar-refractivity contribution in [3.8, 4) is 0 Å². The molecule has 1 aromatic heterocycles. The van der Waals surface area contributed by atoms with Crippen molar-refractivity contribution in [2.45, 2.75) is 20.4 Å². The Morgan fingerprint density at radius 1 is 1.11 bits per heavy atom. The predicted molar refractivity (Wildman–Crippen MR) is 79.4 cm³/mol. The second-order valence-corrected chi connectivity index (χ2v) is 4.27. The monoisotopic (exact) mass is 256 g/mol. The lowest BCUT2D eigenvalue weighted by Gasteiger charge is -2.22. The van der Waals surface area contributed by atoms with Gasteiger partial charge in [0.15, 0.2) is 0 Å². The number of hydrogen-bond donors (Lipinski definition) is 1. The van der Waals surface area contributed by atoms with Crippen molar-refractivity contribution in [3.05, 3.63) is 48.2 Å². The van der Waals surface area contributed by atoms with Gasteiger partial charge in [0.1, 0.15) is 5.82 Å². The Labute approximate surface area is 114 Å². The van der Waals surface area contributed by atoms with Crippen molar-refractivity contribution in [1.82, 2.24) is 9.97 Å². The van der Waals surface area contributed by atoms with Gasteiger partial charge in [0.2, 0.25) is 5.95 Å². The highest BCUT2D eigenvalue weighted by molar-refractivity contribution is 5.43. The highest BCUT2D eigenvalue weighted by atomic mass is 15.2. The summed E-state index contributed by atoms with van der Waals surface area (Å²) in [5, 5.41) is 3.14. The zero-order valence-corrected chi connectivity index (χ0v) is 11.5. The number of nitrogens with zero attached hydrogens (tertiary/aromatic N) is 3. The molecule has 0 saturated carbocycles. The van der Waals surface area contributed by atoms with E-state index >= 15 is 0 Å². The zero-order valence-electron chi connectivity index (χ0n) is 11.5. The normalized spacial score (nSPS) is 10.2. The van der Waals surface area contributed by atoms with E-state index in [0.717, 1.165) is 25.5 Å². The highest BCUT2D eigenvalue weighted by Crippen LogP contribution is 2.15. The molecule has 0 aliphatic heterocycles. The minimum Gasteiger partial charge on any atom is -0.354 e. The van der Waals surface area contributed by atoms with Gasteiger partial charge in [0.05, 0.1) is 0 Å². The number of nitrogens with one attached hydrogen (secondary N) is 1. The Morgan fingerprint density at radius 3 is 2.58 bits per heavy atom. The van der Waals surface area contributed by atoms with Gasteiger partial charge in [-0.1, -0.05) is 30.3 Å². The van der Waals surface area contributed by atoms with Crippen molar-refractivity contribution in [3.63, 3.8) is 0 Å². The van der Waals surface area contributed by atoms with Crippen LogP contribution in [0.15, 0.2) is 42.6 Å². The molecular formula is C15H20N4. The first-order valence-electron chi connectivity index (χ1n) is 6.69. The van der Waals surface area contributed by atoms with Crippen LogP contribution in [-0.2, 0) is 6.54 Å². The molecule has 1 heterocycles. The second kappa shape index (κ2) is 6.73. The maximum Gasteiger partial charge on any atom is 0.224 e. The van der Waals surface area contributed by atoms with Crippen LogP contribution >= 0.6 is 0 Å². The van der Waals surface area contributed by atoms with E-state index in [0.29, 0.717) is 5.95 Å². The van der Waals surface area contributed by atoms with Crippen LogP contribution < -0.4 is 10.2 Å². The summed E-state index contributed by atoms with van der Waals surface area (Å²) in [5.74, 6) is 1.64. The molecule has 0 radical (unpaired) electrons. The molecule has 1 aromatic carbocycles. The first kappa shape index (κ1) is 13.3. The van der Waals surface area contributed by atoms with E-state index < -0.39 is 0 Å². The first-order valence-corrected chi connectivity index (χ1v) is 6.69. The van der Waals surface area contributed by atoms with Crippen LogP contribution in [0.3, 0.4) is 0 Å². The smallest absolute Gasteiger partial charge is 0.224 e. The quantitative estimate of drug-likeness (QED) is 0.862. The summed E-state index contributed by atoms with van der Waals surface area (Å²) in [7, 11) is 0. The van der Waals surface area contributed by atoms with Gasteiger partial charge in [0.25, 0.3) is 0 Å². The van der Waals surface area contributed by atoms with Crippen molar-refractivity contribution < 1.29 is 0 Å². The van der Waals surface area contributed by atoms with Crippen LogP contribution in [-0.4, -0.2) is 23.1 Å². The highest BCUT2D eigenvalue weighted by Gasteiger charge is 2.07. The van der Waals surface area contributed by atoms with Gasteiger partial charge in [0, 0.05) is 25.8 Å². The molecule has 4 nitrogen and oxygen atoms in total. The topological polar surface area (TPSA) is 41.1 Å². The van der Waals surface area contributed by atoms with Gasteiger partial charge in [-0.3, -0.25) is 0 Å². The van der Waals surface area contributed by atoms with Gasteiger partial charge in [-0.25, -0.2) is 4.98 Å². The second-order valence-electron chi connectivity index (χ2n) is 4.27. The van der Waals surface area contributed by atoms with E-state index in [-0.39, 0.29) is 0 Å². The molecular weight excluding hydrogens is 236 g/mol. The third-order valence-electron chi connectivity index (χ3n) is 2.90. The van der Waals surface area contributed by atoms with E-state index in [2.05, 4.69) is 51.4 Å². The lowest BCUT2D eigenvalue weighted by Crippen LogP contribution is -2.23. The third kappa shape index (κ3) is 3.68. The first-order chi connectivity index (χ1) is 9.33. The molecule has 0 unspecified atom stereocenters. The number of hydrogen-bond acceptors (Lipinski definition) is 4. The maximum absolute atomic E-state index is 4.53. The molecule has 4 heteroatoms. The number of benzene rings is 1.